The molecule has 102 valence electrons. The minimum absolute atomic E-state index is 0.128. The van der Waals surface area contributed by atoms with Gasteiger partial charge < -0.3 is 4.74 Å². The molecule has 0 heterocycles. The largest absolute Gasteiger partial charge is 0.573 e. The highest BCUT2D eigenvalue weighted by Crippen LogP contribution is 2.28. The fourth-order valence-electron chi connectivity index (χ4n) is 1.66. The lowest BCUT2D eigenvalue weighted by atomic mass is 10.0. The van der Waals surface area contributed by atoms with E-state index in [1.165, 1.54) is 24.3 Å². The van der Waals surface area contributed by atoms with E-state index in [1.54, 1.807) is 6.07 Å². The molecule has 2 rings (SSSR count). The van der Waals surface area contributed by atoms with Crippen molar-refractivity contribution >= 4 is 0 Å². The van der Waals surface area contributed by atoms with Gasteiger partial charge in [-0.15, -0.1) is 13.2 Å². The zero-order valence-electron chi connectivity index (χ0n) is 9.91. The first-order chi connectivity index (χ1) is 9.39. The lowest BCUT2D eigenvalue weighted by molar-refractivity contribution is -0.274. The van der Waals surface area contributed by atoms with Gasteiger partial charge in [-0.2, -0.15) is 5.26 Å². The molecule has 0 aliphatic carbocycles. The number of ether oxygens (including phenoxy) is 1. The Hall–Kier alpha value is -2.55. The van der Waals surface area contributed by atoms with Crippen LogP contribution in [0.3, 0.4) is 0 Å². The second-order valence-electron chi connectivity index (χ2n) is 3.88. The molecule has 2 aromatic carbocycles. The lowest BCUT2D eigenvalue weighted by Crippen LogP contribution is -2.17. The number of halogens is 4. The predicted octanol–water partition coefficient (Wildman–Crippen LogP) is 4.26. The van der Waals surface area contributed by atoms with Crippen molar-refractivity contribution in [3.8, 4) is 22.9 Å². The van der Waals surface area contributed by atoms with Crippen LogP contribution < -0.4 is 4.74 Å². The molecule has 0 aromatic heterocycles. The van der Waals surface area contributed by atoms with Crippen molar-refractivity contribution < 1.29 is 22.3 Å². The highest BCUT2D eigenvalue weighted by molar-refractivity contribution is 5.66. The van der Waals surface area contributed by atoms with Crippen LogP contribution in [0.15, 0.2) is 42.5 Å². The summed E-state index contributed by atoms with van der Waals surface area (Å²) in [5.41, 5.74) is 0.584. The van der Waals surface area contributed by atoms with E-state index in [1.807, 2.05) is 0 Å². The van der Waals surface area contributed by atoms with Gasteiger partial charge in [0.05, 0.1) is 5.56 Å². The van der Waals surface area contributed by atoms with Gasteiger partial charge in [-0.05, 0) is 35.4 Å². The van der Waals surface area contributed by atoms with Crippen molar-refractivity contribution in [2.24, 2.45) is 0 Å². The molecule has 0 atom stereocenters. The number of alkyl halides is 3. The van der Waals surface area contributed by atoms with Crippen LogP contribution in [0.2, 0.25) is 0 Å². The second-order valence-corrected chi connectivity index (χ2v) is 3.88. The van der Waals surface area contributed by atoms with Crippen molar-refractivity contribution in [2.45, 2.75) is 6.36 Å². The normalized spacial score (nSPS) is 10.9. The number of nitrogens with zero attached hydrogens (tertiary/aromatic N) is 1. The molecule has 2 nitrogen and oxygen atoms in total. The van der Waals surface area contributed by atoms with Crippen molar-refractivity contribution in [1.29, 1.82) is 5.26 Å². The summed E-state index contributed by atoms with van der Waals surface area (Å²) in [7, 11) is 0. The summed E-state index contributed by atoms with van der Waals surface area (Å²) >= 11 is 0. The van der Waals surface area contributed by atoms with Crippen molar-refractivity contribution in [3.63, 3.8) is 0 Å². The smallest absolute Gasteiger partial charge is 0.406 e. The molecule has 0 aliphatic heterocycles. The molecule has 0 spiro atoms. The number of hydrogen-bond acceptors (Lipinski definition) is 2. The van der Waals surface area contributed by atoms with Gasteiger partial charge >= 0.3 is 6.36 Å². The van der Waals surface area contributed by atoms with E-state index in [-0.39, 0.29) is 11.3 Å². The Morgan fingerprint density at radius 2 is 1.70 bits per heavy atom. The first-order valence-electron chi connectivity index (χ1n) is 5.45. The molecule has 0 N–H and O–H groups in total. The average Bonchev–Trinajstić information content (AvgIpc) is 2.37. The first kappa shape index (κ1) is 13.9. The van der Waals surface area contributed by atoms with Gasteiger partial charge in [0, 0.05) is 0 Å². The van der Waals surface area contributed by atoms with Crippen LogP contribution in [0.1, 0.15) is 5.56 Å². The maximum atomic E-state index is 13.5. The van der Waals surface area contributed by atoms with Crippen molar-refractivity contribution in [2.75, 3.05) is 0 Å². The van der Waals surface area contributed by atoms with Gasteiger partial charge in [0.2, 0.25) is 0 Å². The lowest BCUT2D eigenvalue weighted by Gasteiger charge is -2.10. The van der Waals surface area contributed by atoms with Crippen molar-refractivity contribution in [1.82, 2.24) is 0 Å². The number of benzene rings is 2. The van der Waals surface area contributed by atoms with Gasteiger partial charge in [-0.1, -0.05) is 18.2 Å². The minimum Gasteiger partial charge on any atom is -0.406 e. The van der Waals surface area contributed by atoms with E-state index in [2.05, 4.69) is 4.74 Å². The Kier molecular flexibility index (Phi) is 3.61. The van der Waals surface area contributed by atoms with Crippen LogP contribution in [0.25, 0.3) is 11.1 Å². The average molecular weight is 281 g/mol. The molecule has 0 aliphatic rings. The third-order valence-corrected chi connectivity index (χ3v) is 2.49. The highest BCUT2D eigenvalue weighted by Gasteiger charge is 2.31. The molecule has 20 heavy (non-hydrogen) atoms. The summed E-state index contributed by atoms with van der Waals surface area (Å²) in [6.07, 6.45) is -4.78. The monoisotopic (exact) mass is 281 g/mol. The summed E-state index contributed by atoms with van der Waals surface area (Å²) < 4.78 is 53.6. The molecule has 0 saturated carbocycles. The van der Waals surface area contributed by atoms with Crippen LogP contribution in [0.5, 0.6) is 5.75 Å². The van der Waals surface area contributed by atoms with E-state index in [4.69, 9.17) is 5.26 Å². The molecule has 0 saturated heterocycles. The van der Waals surface area contributed by atoms with Crippen LogP contribution in [0.4, 0.5) is 17.6 Å². The van der Waals surface area contributed by atoms with Crippen LogP contribution >= 0.6 is 0 Å². The zero-order chi connectivity index (χ0) is 14.8. The fourth-order valence-corrected chi connectivity index (χ4v) is 1.66. The van der Waals surface area contributed by atoms with Crippen LogP contribution in [-0.4, -0.2) is 6.36 Å². The first-order valence-corrected chi connectivity index (χ1v) is 5.45. The zero-order valence-corrected chi connectivity index (χ0v) is 9.91. The molecule has 0 radical (unpaired) electrons. The van der Waals surface area contributed by atoms with E-state index in [9.17, 15) is 17.6 Å². The van der Waals surface area contributed by atoms with Gasteiger partial charge in [-0.25, -0.2) is 4.39 Å². The third-order valence-electron chi connectivity index (χ3n) is 2.49. The molecular weight excluding hydrogens is 274 g/mol. The Balaban J connectivity index is 2.36. The summed E-state index contributed by atoms with van der Waals surface area (Å²) in [5, 5.41) is 8.62. The van der Waals surface area contributed by atoms with E-state index < -0.39 is 12.2 Å². The third kappa shape index (κ3) is 3.26. The topological polar surface area (TPSA) is 33.0 Å². The molecule has 0 bridgehead atoms. The number of hydrogen-bond donors (Lipinski definition) is 0. The van der Waals surface area contributed by atoms with Gasteiger partial charge in [-0.3, -0.25) is 0 Å². The SMILES string of the molecule is N#Cc1ccc(-c2cccc(OC(F)(F)F)c2)cc1F. The fraction of sp³-hybridized carbons (Fsp3) is 0.0714. The Bertz CT molecular complexity index is 674. The Labute approximate surface area is 111 Å². The maximum absolute atomic E-state index is 13.5. The van der Waals surface area contributed by atoms with Gasteiger partial charge in [0.1, 0.15) is 17.6 Å². The highest BCUT2D eigenvalue weighted by atomic mass is 19.4. The Morgan fingerprint density at radius 3 is 2.30 bits per heavy atom. The van der Waals surface area contributed by atoms with Gasteiger partial charge in [0.15, 0.2) is 0 Å². The minimum atomic E-state index is -4.78. The number of rotatable bonds is 2. The van der Waals surface area contributed by atoms with E-state index >= 15 is 0 Å². The molecule has 0 fully saturated rings. The predicted molar refractivity (Wildman–Crippen MR) is 63.2 cm³/mol. The quantitative estimate of drug-likeness (QED) is 0.770. The van der Waals surface area contributed by atoms with Crippen LogP contribution in [0, 0.1) is 17.1 Å². The Morgan fingerprint density at radius 1 is 1.00 bits per heavy atom. The summed E-state index contributed by atoms with van der Waals surface area (Å²) in [4.78, 5) is 0. The molecule has 6 heteroatoms. The second kappa shape index (κ2) is 5.21. The summed E-state index contributed by atoms with van der Waals surface area (Å²) in [5.74, 6) is -1.12. The number of nitriles is 1. The maximum Gasteiger partial charge on any atom is 0.573 e. The van der Waals surface area contributed by atoms with E-state index in [0.29, 0.717) is 11.1 Å². The standard InChI is InChI=1S/C14H7F4NO/c15-13-7-10(4-5-11(13)8-19)9-2-1-3-12(6-9)20-14(16,17)18/h1-7H. The van der Waals surface area contributed by atoms with Gasteiger partial charge in [0.25, 0.3) is 0 Å². The molecule has 0 amide bonds. The van der Waals surface area contributed by atoms with Crippen LogP contribution in [-0.2, 0) is 0 Å². The molecule has 0 unspecified atom stereocenters. The van der Waals surface area contributed by atoms with E-state index in [0.717, 1.165) is 18.2 Å². The molecule has 2 aromatic rings. The van der Waals surface area contributed by atoms with Crippen molar-refractivity contribution in [3.05, 3.63) is 53.8 Å². The summed E-state index contributed by atoms with van der Waals surface area (Å²) in [6, 6.07) is 10.7. The molecular formula is C14H7F4NO. The summed E-state index contributed by atoms with van der Waals surface area (Å²) in [6.45, 7) is 0.